The van der Waals surface area contributed by atoms with Crippen LogP contribution in [0.5, 0.6) is 5.75 Å². The van der Waals surface area contributed by atoms with Crippen molar-refractivity contribution in [3.8, 4) is 22.7 Å². The molecule has 1 aromatic heterocycles. The summed E-state index contributed by atoms with van der Waals surface area (Å²) in [7, 11) is 1.63. The summed E-state index contributed by atoms with van der Waals surface area (Å²) in [6.07, 6.45) is 1.79. The summed E-state index contributed by atoms with van der Waals surface area (Å²) in [6.45, 7) is 4.77. The van der Waals surface area contributed by atoms with Gasteiger partial charge in [-0.3, -0.25) is 9.69 Å². The molecule has 7 heteroatoms. The Morgan fingerprint density at radius 2 is 1.75 bits per heavy atom. The summed E-state index contributed by atoms with van der Waals surface area (Å²) in [5.74, 6) is 0.541. The number of morpholine rings is 1. The number of carbonyl (C=O) groups excluding carboxylic acids is 1. The van der Waals surface area contributed by atoms with Crippen LogP contribution >= 0.6 is 0 Å². The molecule has 1 aliphatic rings. The molecule has 0 bridgehead atoms. The molecule has 1 N–H and O–H groups in total. The van der Waals surface area contributed by atoms with Gasteiger partial charge in [-0.05, 0) is 35.4 Å². The SMILES string of the molecule is COc1cccc(-c2nn(-c3ccccc3)cc2C(=O)NCc2cccc(CN3CCOCC3)c2)c1. The number of rotatable bonds is 8. The van der Waals surface area contributed by atoms with Crippen LogP contribution in [0.4, 0.5) is 0 Å². The molecule has 0 unspecified atom stereocenters. The summed E-state index contributed by atoms with van der Waals surface area (Å²) in [5.41, 5.74) is 5.12. The van der Waals surface area contributed by atoms with Crippen LogP contribution in [0.1, 0.15) is 21.5 Å². The lowest BCUT2D eigenvalue weighted by Crippen LogP contribution is -2.35. The number of amides is 1. The van der Waals surface area contributed by atoms with Crippen molar-refractivity contribution in [1.29, 1.82) is 0 Å². The topological polar surface area (TPSA) is 68.6 Å². The van der Waals surface area contributed by atoms with E-state index in [1.807, 2.05) is 66.7 Å². The predicted molar refractivity (Wildman–Crippen MR) is 139 cm³/mol. The lowest BCUT2D eigenvalue weighted by molar-refractivity contribution is 0.0342. The fraction of sp³-hybridized carbons (Fsp3) is 0.241. The molecule has 184 valence electrons. The van der Waals surface area contributed by atoms with Crippen molar-refractivity contribution >= 4 is 5.91 Å². The first-order valence-electron chi connectivity index (χ1n) is 12.2. The zero-order valence-corrected chi connectivity index (χ0v) is 20.4. The molecule has 0 aliphatic carbocycles. The molecule has 1 amide bonds. The summed E-state index contributed by atoms with van der Waals surface area (Å²) >= 11 is 0. The fourth-order valence-electron chi connectivity index (χ4n) is 4.37. The number of hydrogen-bond donors (Lipinski definition) is 1. The smallest absolute Gasteiger partial charge is 0.255 e. The average Bonchev–Trinajstić information content (AvgIpc) is 3.39. The number of para-hydroxylation sites is 1. The number of hydrogen-bond acceptors (Lipinski definition) is 5. The van der Waals surface area contributed by atoms with Crippen LogP contribution in [-0.2, 0) is 17.8 Å². The number of carbonyl (C=O) groups is 1. The highest BCUT2D eigenvalue weighted by Gasteiger charge is 2.19. The number of methoxy groups -OCH3 is 1. The predicted octanol–water partition coefficient (Wildman–Crippen LogP) is 4.31. The highest BCUT2D eigenvalue weighted by molar-refractivity contribution is 6.00. The van der Waals surface area contributed by atoms with Gasteiger partial charge in [0, 0.05) is 37.9 Å². The van der Waals surface area contributed by atoms with E-state index in [2.05, 4.69) is 22.3 Å². The Bertz CT molecular complexity index is 1310. The van der Waals surface area contributed by atoms with Crippen LogP contribution in [0.3, 0.4) is 0 Å². The number of nitrogens with zero attached hydrogens (tertiary/aromatic N) is 3. The van der Waals surface area contributed by atoms with E-state index in [1.54, 1.807) is 18.0 Å². The Balaban J connectivity index is 1.36. The molecule has 0 saturated carbocycles. The first kappa shape index (κ1) is 23.8. The second-order valence-corrected chi connectivity index (χ2v) is 8.79. The number of nitrogens with one attached hydrogen (secondary N) is 1. The first-order chi connectivity index (χ1) is 17.7. The van der Waals surface area contributed by atoms with E-state index in [0.717, 1.165) is 49.7 Å². The van der Waals surface area contributed by atoms with E-state index in [0.29, 0.717) is 23.6 Å². The third kappa shape index (κ3) is 5.64. The number of benzene rings is 3. The minimum Gasteiger partial charge on any atom is -0.497 e. The zero-order chi connectivity index (χ0) is 24.7. The van der Waals surface area contributed by atoms with Crippen molar-refractivity contribution in [1.82, 2.24) is 20.0 Å². The molecule has 7 nitrogen and oxygen atoms in total. The van der Waals surface area contributed by atoms with E-state index in [9.17, 15) is 4.79 Å². The van der Waals surface area contributed by atoms with Crippen LogP contribution in [0, 0.1) is 0 Å². The first-order valence-corrected chi connectivity index (χ1v) is 12.2. The maximum absolute atomic E-state index is 13.4. The van der Waals surface area contributed by atoms with Crippen molar-refractivity contribution in [3.63, 3.8) is 0 Å². The van der Waals surface area contributed by atoms with Gasteiger partial charge in [-0.1, -0.05) is 54.6 Å². The quantitative estimate of drug-likeness (QED) is 0.405. The minimum atomic E-state index is -0.173. The minimum absolute atomic E-state index is 0.173. The molecular formula is C29H30N4O3. The highest BCUT2D eigenvalue weighted by Crippen LogP contribution is 2.27. The molecule has 1 fully saturated rings. The van der Waals surface area contributed by atoms with Gasteiger partial charge >= 0.3 is 0 Å². The highest BCUT2D eigenvalue weighted by atomic mass is 16.5. The average molecular weight is 483 g/mol. The van der Waals surface area contributed by atoms with E-state index in [4.69, 9.17) is 14.6 Å². The van der Waals surface area contributed by atoms with Crippen molar-refractivity contribution in [2.75, 3.05) is 33.4 Å². The standard InChI is InChI=1S/C29H30N4O3/c1-35-26-12-6-9-24(18-26)28-27(21-33(31-28)25-10-3-2-4-11-25)29(34)30-19-22-7-5-8-23(17-22)20-32-13-15-36-16-14-32/h2-12,17-18,21H,13-16,19-20H2,1H3,(H,30,34). The normalized spacial score (nSPS) is 13.9. The summed E-state index contributed by atoms with van der Waals surface area (Å²) in [6, 6.07) is 25.8. The molecular weight excluding hydrogens is 452 g/mol. The molecule has 1 saturated heterocycles. The Morgan fingerprint density at radius 1 is 0.972 bits per heavy atom. The van der Waals surface area contributed by atoms with Gasteiger partial charge in [-0.25, -0.2) is 4.68 Å². The Labute approximate surface area is 211 Å². The lowest BCUT2D eigenvalue weighted by Gasteiger charge is -2.26. The largest absolute Gasteiger partial charge is 0.497 e. The Kier molecular flexibility index (Phi) is 7.40. The van der Waals surface area contributed by atoms with Gasteiger partial charge in [0.05, 0.1) is 31.6 Å². The van der Waals surface area contributed by atoms with E-state index in [1.165, 1.54) is 5.56 Å². The summed E-state index contributed by atoms with van der Waals surface area (Å²) in [5, 5.41) is 7.86. The van der Waals surface area contributed by atoms with E-state index < -0.39 is 0 Å². The third-order valence-corrected chi connectivity index (χ3v) is 6.28. The molecule has 0 spiro atoms. The summed E-state index contributed by atoms with van der Waals surface area (Å²) < 4.78 is 12.6. The second kappa shape index (κ2) is 11.2. The van der Waals surface area contributed by atoms with Gasteiger partial charge in [-0.2, -0.15) is 5.10 Å². The molecule has 1 aliphatic heterocycles. The van der Waals surface area contributed by atoms with E-state index >= 15 is 0 Å². The van der Waals surface area contributed by atoms with Crippen LogP contribution in [0.25, 0.3) is 16.9 Å². The maximum atomic E-state index is 13.4. The van der Waals surface area contributed by atoms with Crippen LogP contribution in [-0.4, -0.2) is 54.0 Å². The van der Waals surface area contributed by atoms with Crippen molar-refractivity contribution < 1.29 is 14.3 Å². The molecule has 4 aromatic rings. The fourth-order valence-corrected chi connectivity index (χ4v) is 4.37. The third-order valence-electron chi connectivity index (χ3n) is 6.28. The maximum Gasteiger partial charge on any atom is 0.255 e. The van der Waals surface area contributed by atoms with Gasteiger partial charge in [0.15, 0.2) is 0 Å². The van der Waals surface area contributed by atoms with Gasteiger partial charge in [0.25, 0.3) is 5.91 Å². The molecule has 36 heavy (non-hydrogen) atoms. The molecule has 2 heterocycles. The van der Waals surface area contributed by atoms with Crippen molar-refractivity contribution in [2.45, 2.75) is 13.1 Å². The zero-order valence-electron chi connectivity index (χ0n) is 20.4. The number of aromatic nitrogens is 2. The summed E-state index contributed by atoms with van der Waals surface area (Å²) in [4.78, 5) is 15.8. The van der Waals surface area contributed by atoms with Crippen molar-refractivity contribution in [3.05, 3.63) is 102 Å². The Morgan fingerprint density at radius 3 is 2.56 bits per heavy atom. The van der Waals surface area contributed by atoms with Gasteiger partial charge < -0.3 is 14.8 Å². The van der Waals surface area contributed by atoms with Crippen LogP contribution in [0.2, 0.25) is 0 Å². The van der Waals surface area contributed by atoms with E-state index in [-0.39, 0.29) is 5.91 Å². The van der Waals surface area contributed by atoms with Crippen LogP contribution in [0.15, 0.2) is 85.1 Å². The second-order valence-electron chi connectivity index (χ2n) is 8.79. The van der Waals surface area contributed by atoms with Gasteiger partial charge in [0.1, 0.15) is 11.4 Å². The van der Waals surface area contributed by atoms with Crippen molar-refractivity contribution in [2.24, 2.45) is 0 Å². The lowest BCUT2D eigenvalue weighted by atomic mass is 10.1. The molecule has 0 atom stereocenters. The molecule has 0 radical (unpaired) electrons. The number of ether oxygens (including phenoxy) is 2. The molecule has 3 aromatic carbocycles. The van der Waals surface area contributed by atoms with Gasteiger partial charge in [-0.15, -0.1) is 0 Å². The monoisotopic (exact) mass is 482 g/mol. The van der Waals surface area contributed by atoms with Crippen LogP contribution < -0.4 is 10.1 Å². The van der Waals surface area contributed by atoms with Gasteiger partial charge in [0.2, 0.25) is 0 Å². The Hall–Kier alpha value is -3.94. The molecule has 5 rings (SSSR count).